The van der Waals surface area contributed by atoms with Crippen LogP contribution in [0.25, 0.3) is 11.1 Å². The van der Waals surface area contributed by atoms with Crippen molar-refractivity contribution in [2.75, 3.05) is 39.8 Å². The highest BCUT2D eigenvalue weighted by Crippen LogP contribution is 2.28. The molecular formula is C20H23N3O4. The Hall–Kier alpha value is -2.93. The highest BCUT2D eigenvalue weighted by molar-refractivity contribution is 5.78. The average molecular weight is 369 g/mol. The minimum Gasteiger partial charge on any atom is -0.484 e. The fraction of sp³-hybridized carbons (Fsp3) is 0.350. The Bertz CT molecular complexity index is 828. The molecule has 0 saturated carbocycles. The number of ether oxygens (including phenoxy) is 1. The van der Waals surface area contributed by atoms with Gasteiger partial charge in [-0.2, -0.15) is 0 Å². The van der Waals surface area contributed by atoms with Crippen LogP contribution in [-0.2, 0) is 4.79 Å². The SMILES string of the molecule is Cc1ccc(-c2ccc(OCC(=O)N3CCN(C)CC3)cc2)cc1[N+](=O)[O-]. The van der Waals surface area contributed by atoms with E-state index in [9.17, 15) is 14.9 Å². The second-order valence-corrected chi connectivity index (χ2v) is 6.76. The third-order valence-electron chi connectivity index (χ3n) is 4.81. The third kappa shape index (κ3) is 4.62. The van der Waals surface area contributed by atoms with Crippen molar-refractivity contribution < 1.29 is 14.5 Å². The van der Waals surface area contributed by atoms with E-state index in [2.05, 4.69) is 4.90 Å². The maximum Gasteiger partial charge on any atom is 0.272 e. The Morgan fingerprint density at radius 3 is 2.33 bits per heavy atom. The van der Waals surface area contributed by atoms with Gasteiger partial charge in [0.05, 0.1) is 4.92 Å². The van der Waals surface area contributed by atoms with Crippen molar-refractivity contribution in [2.24, 2.45) is 0 Å². The molecule has 2 aromatic carbocycles. The summed E-state index contributed by atoms with van der Waals surface area (Å²) in [6, 6.07) is 12.4. The van der Waals surface area contributed by atoms with Gasteiger partial charge in [0.25, 0.3) is 11.6 Å². The molecule has 0 unspecified atom stereocenters. The van der Waals surface area contributed by atoms with Crippen LogP contribution >= 0.6 is 0 Å². The zero-order valence-electron chi connectivity index (χ0n) is 15.6. The summed E-state index contributed by atoms with van der Waals surface area (Å²) < 4.78 is 5.61. The first-order valence-corrected chi connectivity index (χ1v) is 8.88. The van der Waals surface area contributed by atoms with Gasteiger partial charge in [-0.05, 0) is 37.2 Å². The molecule has 1 amide bonds. The number of carbonyl (C=O) groups is 1. The number of nitrogens with zero attached hydrogens (tertiary/aromatic N) is 3. The predicted octanol–water partition coefficient (Wildman–Crippen LogP) is 2.72. The zero-order valence-corrected chi connectivity index (χ0v) is 15.6. The van der Waals surface area contributed by atoms with Gasteiger partial charge in [-0.25, -0.2) is 0 Å². The van der Waals surface area contributed by atoms with Crippen LogP contribution in [0.4, 0.5) is 5.69 Å². The number of amides is 1. The summed E-state index contributed by atoms with van der Waals surface area (Å²) >= 11 is 0. The number of carbonyl (C=O) groups excluding carboxylic acids is 1. The van der Waals surface area contributed by atoms with Gasteiger partial charge in [0.1, 0.15) is 5.75 Å². The molecule has 7 heteroatoms. The lowest BCUT2D eigenvalue weighted by Gasteiger charge is -2.32. The molecule has 2 aromatic rings. The molecule has 1 saturated heterocycles. The Morgan fingerprint density at radius 2 is 1.70 bits per heavy atom. The maximum absolute atomic E-state index is 12.2. The minimum atomic E-state index is -0.375. The lowest BCUT2D eigenvalue weighted by atomic mass is 10.0. The van der Waals surface area contributed by atoms with Crippen molar-refractivity contribution in [2.45, 2.75) is 6.92 Å². The van der Waals surface area contributed by atoms with Crippen molar-refractivity contribution in [1.82, 2.24) is 9.80 Å². The van der Waals surface area contributed by atoms with Crippen molar-refractivity contribution in [3.8, 4) is 16.9 Å². The Morgan fingerprint density at radius 1 is 1.07 bits per heavy atom. The Balaban J connectivity index is 1.61. The van der Waals surface area contributed by atoms with E-state index in [0.717, 1.165) is 37.3 Å². The van der Waals surface area contributed by atoms with Gasteiger partial charge < -0.3 is 14.5 Å². The summed E-state index contributed by atoms with van der Waals surface area (Å²) in [6.45, 7) is 4.94. The molecule has 0 N–H and O–H groups in total. The van der Waals surface area contributed by atoms with Crippen molar-refractivity contribution in [3.63, 3.8) is 0 Å². The molecule has 0 aromatic heterocycles. The summed E-state index contributed by atoms with van der Waals surface area (Å²) in [5, 5.41) is 11.1. The second-order valence-electron chi connectivity index (χ2n) is 6.76. The molecule has 0 aliphatic carbocycles. The van der Waals surface area contributed by atoms with E-state index in [1.165, 1.54) is 0 Å². The topological polar surface area (TPSA) is 75.9 Å². The molecule has 1 aliphatic rings. The Labute approximate surface area is 158 Å². The van der Waals surface area contributed by atoms with Gasteiger partial charge in [0.2, 0.25) is 0 Å². The van der Waals surface area contributed by atoms with Crippen LogP contribution in [0.3, 0.4) is 0 Å². The van der Waals surface area contributed by atoms with Crippen LogP contribution in [0, 0.1) is 17.0 Å². The van der Waals surface area contributed by atoms with Crippen LogP contribution in [0.2, 0.25) is 0 Å². The zero-order chi connectivity index (χ0) is 19.4. The minimum absolute atomic E-state index is 0.0127. The normalized spacial score (nSPS) is 14.8. The highest BCUT2D eigenvalue weighted by atomic mass is 16.6. The van der Waals surface area contributed by atoms with Gasteiger partial charge in [-0.15, -0.1) is 0 Å². The van der Waals surface area contributed by atoms with Crippen LogP contribution < -0.4 is 4.74 Å². The number of aryl methyl sites for hydroxylation is 1. The Kier molecular flexibility index (Phi) is 5.71. The average Bonchev–Trinajstić information content (AvgIpc) is 2.67. The lowest BCUT2D eigenvalue weighted by Crippen LogP contribution is -2.48. The van der Waals surface area contributed by atoms with E-state index in [1.54, 1.807) is 31.2 Å². The summed E-state index contributed by atoms with van der Waals surface area (Å²) in [5.41, 5.74) is 2.36. The number of piperazine rings is 1. The van der Waals surface area contributed by atoms with E-state index in [-0.39, 0.29) is 23.1 Å². The molecule has 0 radical (unpaired) electrons. The van der Waals surface area contributed by atoms with Gasteiger partial charge in [0.15, 0.2) is 6.61 Å². The molecule has 27 heavy (non-hydrogen) atoms. The maximum atomic E-state index is 12.2. The van der Waals surface area contributed by atoms with Gasteiger partial charge in [-0.1, -0.05) is 24.3 Å². The summed E-state index contributed by atoms with van der Waals surface area (Å²) in [4.78, 5) is 27.0. The lowest BCUT2D eigenvalue weighted by molar-refractivity contribution is -0.385. The molecular weight excluding hydrogens is 346 g/mol. The van der Waals surface area contributed by atoms with Crippen molar-refractivity contribution in [1.29, 1.82) is 0 Å². The molecule has 0 atom stereocenters. The number of nitro groups is 1. The number of hydrogen-bond acceptors (Lipinski definition) is 5. The summed E-state index contributed by atoms with van der Waals surface area (Å²) in [5.74, 6) is 0.587. The van der Waals surface area contributed by atoms with Crippen LogP contribution in [0.1, 0.15) is 5.56 Å². The molecule has 1 aliphatic heterocycles. The first-order valence-electron chi connectivity index (χ1n) is 8.88. The highest BCUT2D eigenvalue weighted by Gasteiger charge is 2.19. The largest absolute Gasteiger partial charge is 0.484 e. The van der Waals surface area contributed by atoms with E-state index < -0.39 is 0 Å². The van der Waals surface area contributed by atoms with Gasteiger partial charge >= 0.3 is 0 Å². The molecule has 1 fully saturated rings. The quantitative estimate of drug-likeness (QED) is 0.598. The van der Waals surface area contributed by atoms with Gasteiger partial charge in [-0.3, -0.25) is 14.9 Å². The van der Waals surface area contributed by atoms with E-state index in [4.69, 9.17) is 4.74 Å². The summed E-state index contributed by atoms with van der Waals surface area (Å²) in [6.07, 6.45) is 0. The first-order chi connectivity index (χ1) is 12.9. The fourth-order valence-electron chi connectivity index (χ4n) is 3.02. The fourth-order valence-corrected chi connectivity index (χ4v) is 3.02. The van der Waals surface area contributed by atoms with Crippen LogP contribution in [-0.4, -0.2) is 60.5 Å². The monoisotopic (exact) mass is 369 g/mol. The van der Waals surface area contributed by atoms with Crippen LogP contribution in [0.15, 0.2) is 42.5 Å². The van der Waals surface area contributed by atoms with Crippen molar-refractivity contribution in [3.05, 3.63) is 58.1 Å². The molecule has 0 spiro atoms. The van der Waals surface area contributed by atoms with E-state index in [0.29, 0.717) is 11.3 Å². The molecule has 142 valence electrons. The predicted molar refractivity (Wildman–Crippen MR) is 103 cm³/mol. The molecule has 1 heterocycles. The standard InChI is InChI=1S/C20H23N3O4/c1-15-3-4-17(13-19(15)23(25)26)16-5-7-18(8-6-16)27-14-20(24)22-11-9-21(2)10-12-22/h3-8,13H,9-12,14H2,1-2H3. The van der Waals surface area contributed by atoms with E-state index in [1.807, 2.05) is 30.1 Å². The number of likely N-dealkylation sites (N-methyl/N-ethyl adjacent to an activating group) is 1. The molecule has 3 rings (SSSR count). The molecule has 0 bridgehead atoms. The number of nitro benzene ring substituents is 1. The number of rotatable bonds is 5. The van der Waals surface area contributed by atoms with E-state index >= 15 is 0 Å². The smallest absolute Gasteiger partial charge is 0.272 e. The third-order valence-corrected chi connectivity index (χ3v) is 4.81. The second kappa shape index (κ2) is 8.18. The van der Waals surface area contributed by atoms with Crippen molar-refractivity contribution >= 4 is 11.6 Å². The summed E-state index contributed by atoms with van der Waals surface area (Å²) in [7, 11) is 2.04. The van der Waals surface area contributed by atoms with Crippen LogP contribution in [0.5, 0.6) is 5.75 Å². The number of benzene rings is 2. The molecule has 7 nitrogen and oxygen atoms in total. The van der Waals surface area contributed by atoms with Gasteiger partial charge in [0, 0.05) is 37.8 Å². The first kappa shape index (κ1) is 18.8. The number of hydrogen-bond donors (Lipinski definition) is 0.